The highest BCUT2D eigenvalue weighted by atomic mass is 35.5. The number of rotatable bonds is 6. The first kappa shape index (κ1) is 21.3. The average Bonchev–Trinajstić information content (AvgIpc) is 2.79. The Bertz CT molecular complexity index is 1110. The standard InChI is InChI=1S/C24H24ClN3O3/c25-22-4-2-1-3-19(22)16-28-17-20(7-10-23(28)29)24(30)26-21-8-5-18(6-9-21)15-27-11-13-31-14-12-27/h1-10,17H,11-16H2,(H,26,30). The van der Waals surface area contributed by atoms with Gasteiger partial charge < -0.3 is 14.6 Å². The molecular formula is C24H24ClN3O3. The van der Waals surface area contributed by atoms with Crippen molar-refractivity contribution in [1.29, 1.82) is 0 Å². The lowest BCUT2D eigenvalue weighted by molar-refractivity contribution is 0.0342. The monoisotopic (exact) mass is 437 g/mol. The van der Waals surface area contributed by atoms with Gasteiger partial charge in [-0.2, -0.15) is 0 Å². The summed E-state index contributed by atoms with van der Waals surface area (Å²) in [5.74, 6) is -0.270. The molecule has 0 saturated carbocycles. The number of halogens is 1. The Kier molecular flexibility index (Phi) is 6.82. The van der Waals surface area contributed by atoms with E-state index < -0.39 is 0 Å². The summed E-state index contributed by atoms with van der Waals surface area (Å²) in [6, 6.07) is 18.1. The summed E-state index contributed by atoms with van der Waals surface area (Å²) in [5.41, 5.74) is 2.93. The molecule has 1 amide bonds. The summed E-state index contributed by atoms with van der Waals surface area (Å²) < 4.78 is 6.87. The van der Waals surface area contributed by atoms with Crippen molar-refractivity contribution in [3.8, 4) is 0 Å². The van der Waals surface area contributed by atoms with Crippen LogP contribution in [0.4, 0.5) is 5.69 Å². The molecule has 1 aliphatic heterocycles. The van der Waals surface area contributed by atoms with E-state index in [0.29, 0.717) is 22.8 Å². The van der Waals surface area contributed by atoms with Crippen molar-refractivity contribution in [3.05, 3.63) is 98.9 Å². The van der Waals surface area contributed by atoms with Gasteiger partial charge in [-0.3, -0.25) is 14.5 Å². The Hall–Kier alpha value is -2.93. The number of anilines is 1. The summed E-state index contributed by atoms with van der Waals surface area (Å²) in [7, 11) is 0. The first-order chi connectivity index (χ1) is 15.1. The molecule has 1 N–H and O–H groups in total. The zero-order valence-electron chi connectivity index (χ0n) is 17.1. The van der Waals surface area contributed by atoms with Crippen molar-refractivity contribution in [3.63, 3.8) is 0 Å². The van der Waals surface area contributed by atoms with Crippen LogP contribution in [0, 0.1) is 0 Å². The van der Waals surface area contributed by atoms with Gasteiger partial charge in [-0.05, 0) is 35.4 Å². The maximum absolute atomic E-state index is 12.7. The summed E-state index contributed by atoms with van der Waals surface area (Å²) >= 11 is 6.21. The quantitative estimate of drug-likeness (QED) is 0.639. The number of nitrogens with one attached hydrogen (secondary N) is 1. The van der Waals surface area contributed by atoms with E-state index in [1.165, 1.54) is 22.3 Å². The van der Waals surface area contributed by atoms with Gasteiger partial charge in [0.15, 0.2) is 0 Å². The van der Waals surface area contributed by atoms with Gasteiger partial charge in [-0.1, -0.05) is 41.9 Å². The third-order valence-electron chi connectivity index (χ3n) is 5.27. The summed E-state index contributed by atoms with van der Waals surface area (Å²) in [4.78, 5) is 27.3. The Balaban J connectivity index is 1.42. The second-order valence-corrected chi connectivity index (χ2v) is 7.92. The summed E-state index contributed by atoms with van der Waals surface area (Å²) in [5, 5.41) is 3.48. The minimum Gasteiger partial charge on any atom is -0.379 e. The maximum Gasteiger partial charge on any atom is 0.257 e. The van der Waals surface area contributed by atoms with Crippen LogP contribution in [0.2, 0.25) is 5.02 Å². The first-order valence-corrected chi connectivity index (χ1v) is 10.6. The molecule has 1 fully saturated rings. The molecule has 0 bridgehead atoms. The van der Waals surface area contributed by atoms with Crippen molar-refractivity contribution >= 4 is 23.2 Å². The number of benzene rings is 2. The molecule has 0 unspecified atom stereocenters. The molecule has 0 spiro atoms. The summed E-state index contributed by atoms with van der Waals surface area (Å²) in [6.07, 6.45) is 1.56. The van der Waals surface area contributed by atoms with Crippen molar-refractivity contribution < 1.29 is 9.53 Å². The number of pyridine rings is 1. The average molecular weight is 438 g/mol. The number of morpholine rings is 1. The molecule has 7 heteroatoms. The number of carbonyl (C=O) groups excluding carboxylic acids is 1. The molecule has 1 aromatic heterocycles. The number of nitrogens with zero attached hydrogens (tertiary/aromatic N) is 2. The fourth-order valence-corrected chi connectivity index (χ4v) is 3.71. The minimum absolute atomic E-state index is 0.191. The van der Waals surface area contributed by atoms with E-state index in [9.17, 15) is 9.59 Å². The highest BCUT2D eigenvalue weighted by molar-refractivity contribution is 6.31. The highest BCUT2D eigenvalue weighted by Crippen LogP contribution is 2.16. The molecule has 160 valence electrons. The van der Waals surface area contributed by atoms with Crippen molar-refractivity contribution in [1.82, 2.24) is 9.47 Å². The van der Waals surface area contributed by atoms with Crippen LogP contribution in [0.5, 0.6) is 0 Å². The highest BCUT2D eigenvalue weighted by Gasteiger charge is 2.12. The molecule has 0 aliphatic carbocycles. The largest absolute Gasteiger partial charge is 0.379 e. The molecule has 2 heterocycles. The third kappa shape index (κ3) is 5.61. The Morgan fingerprint density at radius 3 is 2.45 bits per heavy atom. The predicted molar refractivity (Wildman–Crippen MR) is 122 cm³/mol. The van der Waals surface area contributed by atoms with Crippen molar-refractivity contribution in [2.45, 2.75) is 13.1 Å². The van der Waals surface area contributed by atoms with Crippen LogP contribution in [0.3, 0.4) is 0 Å². The Morgan fingerprint density at radius 2 is 1.71 bits per heavy atom. The molecule has 1 saturated heterocycles. The van der Waals surface area contributed by atoms with E-state index in [4.69, 9.17) is 16.3 Å². The fraction of sp³-hybridized carbons (Fsp3) is 0.250. The van der Waals surface area contributed by atoms with E-state index in [-0.39, 0.29) is 11.5 Å². The number of carbonyl (C=O) groups is 1. The number of ether oxygens (including phenoxy) is 1. The second-order valence-electron chi connectivity index (χ2n) is 7.51. The zero-order valence-corrected chi connectivity index (χ0v) is 17.8. The van der Waals surface area contributed by atoms with E-state index in [0.717, 1.165) is 38.4 Å². The lowest BCUT2D eigenvalue weighted by atomic mass is 10.1. The fourth-order valence-electron chi connectivity index (χ4n) is 3.51. The molecule has 0 atom stereocenters. The van der Waals surface area contributed by atoms with Gasteiger partial charge in [0.1, 0.15) is 0 Å². The molecule has 6 nitrogen and oxygen atoms in total. The predicted octanol–water partition coefficient (Wildman–Crippen LogP) is 3.63. The van der Waals surface area contributed by atoms with Crippen LogP contribution < -0.4 is 10.9 Å². The number of amides is 1. The van der Waals surface area contributed by atoms with Gasteiger partial charge in [0.25, 0.3) is 11.5 Å². The van der Waals surface area contributed by atoms with Gasteiger partial charge in [-0.25, -0.2) is 0 Å². The normalized spacial score (nSPS) is 14.4. The van der Waals surface area contributed by atoms with Crippen LogP contribution in [-0.2, 0) is 17.8 Å². The lowest BCUT2D eigenvalue weighted by Gasteiger charge is -2.26. The number of hydrogen-bond donors (Lipinski definition) is 1. The van der Waals surface area contributed by atoms with Crippen molar-refractivity contribution in [2.24, 2.45) is 0 Å². The van der Waals surface area contributed by atoms with E-state index in [1.54, 1.807) is 12.3 Å². The van der Waals surface area contributed by atoms with Crippen LogP contribution in [0.1, 0.15) is 21.5 Å². The number of aromatic nitrogens is 1. The van der Waals surface area contributed by atoms with Crippen LogP contribution in [0.25, 0.3) is 0 Å². The summed E-state index contributed by atoms with van der Waals surface area (Å²) in [6.45, 7) is 4.57. The molecular weight excluding hydrogens is 414 g/mol. The molecule has 3 aromatic rings. The van der Waals surface area contributed by atoms with Crippen LogP contribution >= 0.6 is 11.6 Å². The van der Waals surface area contributed by atoms with Gasteiger partial charge in [0.05, 0.1) is 25.3 Å². The number of hydrogen-bond acceptors (Lipinski definition) is 4. The molecule has 31 heavy (non-hydrogen) atoms. The van der Waals surface area contributed by atoms with Crippen LogP contribution in [-0.4, -0.2) is 41.7 Å². The topological polar surface area (TPSA) is 63.6 Å². The minimum atomic E-state index is -0.270. The van der Waals surface area contributed by atoms with Gasteiger partial charge in [0.2, 0.25) is 0 Å². The SMILES string of the molecule is O=C(Nc1ccc(CN2CCOCC2)cc1)c1ccc(=O)n(Cc2ccccc2Cl)c1. The van der Waals surface area contributed by atoms with Gasteiger partial charge in [-0.15, -0.1) is 0 Å². The first-order valence-electron chi connectivity index (χ1n) is 10.2. The molecule has 4 rings (SSSR count). The smallest absolute Gasteiger partial charge is 0.257 e. The zero-order chi connectivity index (χ0) is 21.6. The van der Waals surface area contributed by atoms with Gasteiger partial charge in [0, 0.05) is 42.6 Å². The Morgan fingerprint density at radius 1 is 0.968 bits per heavy atom. The molecule has 2 aromatic carbocycles. The van der Waals surface area contributed by atoms with Crippen molar-refractivity contribution in [2.75, 3.05) is 31.6 Å². The second kappa shape index (κ2) is 9.92. The van der Waals surface area contributed by atoms with E-state index >= 15 is 0 Å². The van der Waals surface area contributed by atoms with E-state index in [1.807, 2.05) is 42.5 Å². The molecule has 0 radical (unpaired) electrons. The Labute approximate surface area is 186 Å². The van der Waals surface area contributed by atoms with Gasteiger partial charge >= 0.3 is 0 Å². The maximum atomic E-state index is 12.7. The third-order valence-corrected chi connectivity index (χ3v) is 5.63. The lowest BCUT2D eigenvalue weighted by Crippen LogP contribution is -2.35. The van der Waals surface area contributed by atoms with E-state index in [2.05, 4.69) is 10.2 Å². The molecule has 1 aliphatic rings. The van der Waals surface area contributed by atoms with Crippen LogP contribution in [0.15, 0.2) is 71.7 Å².